The SMILES string of the molecule is C(=C\c1ncc[nH]1)/c1ccsn1. The topological polar surface area (TPSA) is 41.6 Å². The predicted octanol–water partition coefficient (Wildman–Crippen LogP) is 2.04. The van der Waals surface area contributed by atoms with E-state index in [1.807, 2.05) is 23.6 Å². The summed E-state index contributed by atoms with van der Waals surface area (Å²) >= 11 is 1.44. The molecule has 0 aliphatic carbocycles. The molecule has 2 aromatic heterocycles. The Bertz CT molecular complexity index is 311. The van der Waals surface area contributed by atoms with Crippen LogP contribution in [0.2, 0.25) is 0 Å². The van der Waals surface area contributed by atoms with Gasteiger partial charge in [0.05, 0.1) is 5.69 Å². The molecular formula is C8H7N3S. The number of nitrogens with zero attached hydrogens (tertiary/aromatic N) is 2. The monoisotopic (exact) mass is 177 g/mol. The van der Waals surface area contributed by atoms with E-state index in [9.17, 15) is 0 Å². The lowest BCUT2D eigenvalue weighted by atomic mass is 10.4. The minimum absolute atomic E-state index is 0.850. The summed E-state index contributed by atoms with van der Waals surface area (Å²) in [6, 6.07) is 1.96. The van der Waals surface area contributed by atoms with Crippen LogP contribution in [0.3, 0.4) is 0 Å². The molecule has 0 amide bonds. The zero-order valence-corrected chi connectivity index (χ0v) is 7.08. The average molecular weight is 177 g/mol. The molecule has 0 atom stereocenters. The van der Waals surface area contributed by atoms with E-state index in [4.69, 9.17) is 0 Å². The third-order valence-corrected chi connectivity index (χ3v) is 1.96. The summed E-state index contributed by atoms with van der Waals surface area (Å²) in [5.41, 5.74) is 0.969. The van der Waals surface area contributed by atoms with Gasteiger partial charge in [-0.2, -0.15) is 4.37 Å². The van der Waals surface area contributed by atoms with Crippen molar-refractivity contribution in [2.24, 2.45) is 0 Å². The number of H-pyrrole nitrogens is 1. The molecular weight excluding hydrogens is 170 g/mol. The van der Waals surface area contributed by atoms with Crippen LogP contribution in [0.1, 0.15) is 11.5 Å². The largest absolute Gasteiger partial charge is 0.345 e. The van der Waals surface area contributed by atoms with Crippen LogP contribution in [0.5, 0.6) is 0 Å². The third-order valence-electron chi connectivity index (χ3n) is 1.39. The second kappa shape index (κ2) is 3.32. The fourth-order valence-corrected chi connectivity index (χ4v) is 1.35. The molecule has 0 saturated carbocycles. The summed E-state index contributed by atoms with van der Waals surface area (Å²) in [4.78, 5) is 7.03. The zero-order valence-electron chi connectivity index (χ0n) is 6.27. The third kappa shape index (κ3) is 1.60. The predicted molar refractivity (Wildman–Crippen MR) is 49.6 cm³/mol. The summed E-state index contributed by atoms with van der Waals surface area (Å²) in [5, 5.41) is 1.95. The number of rotatable bonds is 2. The first kappa shape index (κ1) is 7.24. The molecule has 0 radical (unpaired) electrons. The Morgan fingerprint density at radius 2 is 2.42 bits per heavy atom. The molecule has 0 fully saturated rings. The van der Waals surface area contributed by atoms with Gasteiger partial charge in [0.2, 0.25) is 0 Å². The lowest BCUT2D eigenvalue weighted by Gasteiger charge is -1.81. The molecule has 0 aliphatic heterocycles. The van der Waals surface area contributed by atoms with Gasteiger partial charge in [0.15, 0.2) is 0 Å². The summed E-state index contributed by atoms with van der Waals surface area (Å²) in [6.45, 7) is 0. The van der Waals surface area contributed by atoms with Gasteiger partial charge >= 0.3 is 0 Å². The van der Waals surface area contributed by atoms with Crippen LogP contribution in [-0.2, 0) is 0 Å². The fourth-order valence-electron chi connectivity index (χ4n) is 0.841. The van der Waals surface area contributed by atoms with Gasteiger partial charge in [-0.05, 0) is 29.8 Å². The second-order valence-electron chi connectivity index (χ2n) is 2.23. The Morgan fingerprint density at radius 3 is 3.08 bits per heavy atom. The van der Waals surface area contributed by atoms with Crippen molar-refractivity contribution in [1.29, 1.82) is 0 Å². The number of hydrogen-bond acceptors (Lipinski definition) is 3. The van der Waals surface area contributed by atoms with Gasteiger partial charge in [-0.25, -0.2) is 4.98 Å². The van der Waals surface area contributed by atoms with Crippen molar-refractivity contribution in [2.45, 2.75) is 0 Å². The summed E-state index contributed by atoms with van der Waals surface area (Å²) in [7, 11) is 0. The van der Waals surface area contributed by atoms with Crippen molar-refractivity contribution < 1.29 is 0 Å². The molecule has 0 bridgehead atoms. The molecule has 0 unspecified atom stereocenters. The minimum Gasteiger partial charge on any atom is -0.345 e. The van der Waals surface area contributed by atoms with Gasteiger partial charge in [0.1, 0.15) is 5.82 Å². The highest BCUT2D eigenvalue weighted by Gasteiger charge is 1.88. The van der Waals surface area contributed by atoms with Gasteiger partial charge in [0.25, 0.3) is 0 Å². The van der Waals surface area contributed by atoms with E-state index in [-0.39, 0.29) is 0 Å². The van der Waals surface area contributed by atoms with E-state index in [0.29, 0.717) is 0 Å². The van der Waals surface area contributed by atoms with Gasteiger partial charge in [-0.15, -0.1) is 0 Å². The Balaban J connectivity index is 2.14. The summed E-state index contributed by atoms with van der Waals surface area (Å²) in [5.74, 6) is 0.850. The molecule has 1 N–H and O–H groups in total. The number of aromatic amines is 1. The number of hydrogen-bond donors (Lipinski definition) is 1. The number of nitrogens with one attached hydrogen (secondary N) is 1. The van der Waals surface area contributed by atoms with Gasteiger partial charge in [0, 0.05) is 17.8 Å². The van der Waals surface area contributed by atoms with E-state index in [2.05, 4.69) is 14.3 Å². The molecule has 12 heavy (non-hydrogen) atoms. The highest BCUT2D eigenvalue weighted by atomic mass is 32.1. The molecule has 3 nitrogen and oxygen atoms in total. The van der Waals surface area contributed by atoms with Crippen molar-refractivity contribution in [2.75, 3.05) is 0 Å². The molecule has 0 spiro atoms. The Labute approximate surface area is 74.0 Å². The van der Waals surface area contributed by atoms with Crippen LogP contribution < -0.4 is 0 Å². The molecule has 2 heterocycles. The van der Waals surface area contributed by atoms with Crippen LogP contribution >= 0.6 is 11.5 Å². The van der Waals surface area contributed by atoms with Crippen molar-refractivity contribution >= 4 is 23.7 Å². The van der Waals surface area contributed by atoms with Crippen molar-refractivity contribution in [3.8, 4) is 0 Å². The van der Waals surface area contributed by atoms with Gasteiger partial charge in [-0.1, -0.05) is 0 Å². The summed E-state index contributed by atoms with van der Waals surface area (Å²) < 4.78 is 4.13. The maximum absolute atomic E-state index is 4.13. The minimum atomic E-state index is 0.850. The molecule has 0 saturated heterocycles. The average Bonchev–Trinajstić information content (AvgIpc) is 2.74. The first-order valence-corrected chi connectivity index (χ1v) is 4.36. The standard InChI is InChI=1S/C8H7N3S/c1(7-3-6-12-11-7)2-8-9-4-5-10-8/h1-6H,(H,9,10)/b2-1+. The van der Waals surface area contributed by atoms with Crippen LogP contribution in [0.4, 0.5) is 0 Å². The second-order valence-corrected chi connectivity index (χ2v) is 2.90. The highest BCUT2D eigenvalue weighted by molar-refractivity contribution is 7.03. The smallest absolute Gasteiger partial charge is 0.130 e. The highest BCUT2D eigenvalue weighted by Crippen LogP contribution is 2.04. The van der Waals surface area contributed by atoms with Crippen LogP contribution in [0.25, 0.3) is 12.2 Å². The Kier molecular flexibility index (Phi) is 2.00. The van der Waals surface area contributed by atoms with E-state index >= 15 is 0 Å². The first-order chi connectivity index (χ1) is 5.95. The van der Waals surface area contributed by atoms with Crippen LogP contribution in [-0.4, -0.2) is 14.3 Å². The van der Waals surface area contributed by atoms with E-state index in [1.54, 1.807) is 12.4 Å². The molecule has 60 valence electrons. The number of imidazole rings is 1. The van der Waals surface area contributed by atoms with Crippen molar-refractivity contribution in [1.82, 2.24) is 14.3 Å². The fraction of sp³-hybridized carbons (Fsp3) is 0. The molecule has 0 aromatic carbocycles. The molecule has 2 rings (SSSR count). The van der Waals surface area contributed by atoms with E-state index in [0.717, 1.165) is 11.5 Å². The van der Waals surface area contributed by atoms with E-state index in [1.165, 1.54) is 11.5 Å². The normalized spacial score (nSPS) is 11.0. The lowest BCUT2D eigenvalue weighted by Crippen LogP contribution is -1.72. The van der Waals surface area contributed by atoms with Crippen molar-refractivity contribution in [3.63, 3.8) is 0 Å². The van der Waals surface area contributed by atoms with Crippen molar-refractivity contribution in [3.05, 3.63) is 35.4 Å². The maximum atomic E-state index is 4.13. The molecule has 2 aromatic rings. The van der Waals surface area contributed by atoms with Crippen LogP contribution in [0, 0.1) is 0 Å². The molecule has 0 aliphatic rings. The molecule has 4 heteroatoms. The Morgan fingerprint density at radius 1 is 1.42 bits per heavy atom. The Hall–Kier alpha value is -1.42. The quantitative estimate of drug-likeness (QED) is 0.762. The lowest BCUT2D eigenvalue weighted by molar-refractivity contribution is 1.27. The van der Waals surface area contributed by atoms with Crippen LogP contribution in [0.15, 0.2) is 23.8 Å². The summed E-state index contributed by atoms with van der Waals surface area (Å²) in [6.07, 6.45) is 7.34. The maximum Gasteiger partial charge on any atom is 0.130 e. The van der Waals surface area contributed by atoms with E-state index < -0.39 is 0 Å². The van der Waals surface area contributed by atoms with Gasteiger partial charge < -0.3 is 4.98 Å². The zero-order chi connectivity index (χ0) is 8.23. The number of aromatic nitrogens is 3. The first-order valence-electron chi connectivity index (χ1n) is 3.53. The van der Waals surface area contributed by atoms with Gasteiger partial charge in [-0.3, -0.25) is 0 Å².